The van der Waals surface area contributed by atoms with E-state index in [0.29, 0.717) is 0 Å². The molecule has 9 aromatic rings. The zero-order valence-electron chi connectivity index (χ0n) is 34.0. The Balaban J connectivity index is 1.06. The molecule has 0 saturated carbocycles. The van der Waals surface area contributed by atoms with E-state index in [0.717, 1.165) is 45.5 Å². The Morgan fingerprint density at radius 1 is 0.424 bits per heavy atom. The van der Waals surface area contributed by atoms with Crippen molar-refractivity contribution in [2.45, 2.75) is 45.4 Å². The third-order valence-electron chi connectivity index (χ3n) is 12.9. The maximum Gasteiger partial charge on any atom is 0.0933 e. The molecule has 0 N–H and O–H groups in total. The Kier molecular flexibility index (Phi) is 7.74. The van der Waals surface area contributed by atoms with Gasteiger partial charge in [-0.15, -0.1) is 0 Å². The van der Waals surface area contributed by atoms with Gasteiger partial charge in [0.25, 0.3) is 0 Å². The van der Waals surface area contributed by atoms with Crippen molar-refractivity contribution in [3.63, 3.8) is 0 Å². The average Bonchev–Trinajstić information content (AvgIpc) is 3.64. The third kappa shape index (κ3) is 5.22. The van der Waals surface area contributed by atoms with Crippen LogP contribution < -0.4 is 9.80 Å². The number of aromatic nitrogens is 2. The molecule has 0 bridgehead atoms. The van der Waals surface area contributed by atoms with Crippen molar-refractivity contribution < 1.29 is 0 Å². The fourth-order valence-electron chi connectivity index (χ4n) is 10.2. The Morgan fingerprint density at radius 2 is 0.915 bits per heavy atom. The maximum atomic E-state index is 5.31. The number of para-hydroxylation sites is 2. The Morgan fingerprint density at radius 3 is 1.53 bits per heavy atom. The average molecular weight is 761 g/mol. The minimum absolute atomic E-state index is 0.305. The summed E-state index contributed by atoms with van der Waals surface area (Å²) in [7, 11) is 0. The smallest absolute Gasteiger partial charge is 0.0933 e. The molecule has 0 saturated heterocycles. The molecule has 0 amide bonds. The predicted octanol–water partition coefficient (Wildman–Crippen LogP) is 14.6. The van der Waals surface area contributed by atoms with Gasteiger partial charge in [-0.1, -0.05) is 137 Å². The van der Waals surface area contributed by atoms with Crippen LogP contribution in [0.3, 0.4) is 0 Å². The fraction of sp³-hybridized carbons (Fsp3) is 0.127. The first kappa shape index (κ1) is 35.1. The molecular weight excluding hydrogens is 717 g/mol. The van der Waals surface area contributed by atoms with E-state index in [4.69, 9.17) is 9.97 Å². The summed E-state index contributed by atoms with van der Waals surface area (Å²) in [5.74, 6) is 0. The SMILES string of the molecule is Cc1cc(N(c2ccccc2)c2cccc3ccccc23)cc2c1-c1cnc3c(c1C2(C)C)C(C)(C)c1cc(N(c2ccccc2)c2cccc4ccccc24)cnc1-3. The van der Waals surface area contributed by atoms with Crippen LogP contribution in [-0.2, 0) is 10.8 Å². The summed E-state index contributed by atoms with van der Waals surface area (Å²) >= 11 is 0. The highest BCUT2D eigenvalue weighted by atomic mass is 15.2. The van der Waals surface area contributed by atoms with Crippen LogP contribution >= 0.6 is 0 Å². The van der Waals surface area contributed by atoms with Crippen LogP contribution in [0.15, 0.2) is 176 Å². The molecule has 0 radical (unpaired) electrons. The van der Waals surface area contributed by atoms with Gasteiger partial charge in [-0.3, -0.25) is 9.97 Å². The van der Waals surface area contributed by atoms with Gasteiger partial charge in [0.1, 0.15) is 0 Å². The van der Waals surface area contributed by atoms with Gasteiger partial charge in [0, 0.05) is 50.4 Å². The number of hydrogen-bond donors (Lipinski definition) is 0. The van der Waals surface area contributed by atoms with Gasteiger partial charge in [0.15, 0.2) is 0 Å². The van der Waals surface area contributed by atoms with Crippen molar-refractivity contribution in [1.29, 1.82) is 0 Å². The first-order valence-corrected chi connectivity index (χ1v) is 20.6. The van der Waals surface area contributed by atoms with E-state index in [1.54, 1.807) is 0 Å². The molecule has 0 aliphatic heterocycles. The second-order valence-electron chi connectivity index (χ2n) is 17.1. The van der Waals surface area contributed by atoms with Crippen molar-refractivity contribution in [3.05, 3.63) is 204 Å². The number of nitrogens with zero attached hydrogens (tertiary/aromatic N) is 4. The minimum Gasteiger partial charge on any atom is -0.310 e. The highest BCUT2D eigenvalue weighted by molar-refractivity contribution is 6.01. The highest BCUT2D eigenvalue weighted by Crippen LogP contribution is 2.60. The van der Waals surface area contributed by atoms with Crippen LogP contribution in [0.25, 0.3) is 44.1 Å². The molecule has 11 rings (SSSR count). The summed E-state index contributed by atoms with van der Waals surface area (Å²) in [6.07, 6.45) is 4.16. The molecular formula is C55H44N4. The Labute approximate surface area is 346 Å². The monoisotopic (exact) mass is 760 g/mol. The summed E-state index contributed by atoms with van der Waals surface area (Å²) < 4.78 is 0. The van der Waals surface area contributed by atoms with Crippen LogP contribution in [0.1, 0.15) is 55.5 Å². The van der Waals surface area contributed by atoms with Gasteiger partial charge in [-0.25, -0.2) is 0 Å². The van der Waals surface area contributed by atoms with E-state index in [9.17, 15) is 0 Å². The van der Waals surface area contributed by atoms with Crippen LogP contribution in [-0.4, -0.2) is 9.97 Å². The second-order valence-corrected chi connectivity index (χ2v) is 17.1. The Hall–Kier alpha value is -7.04. The second kappa shape index (κ2) is 13.0. The summed E-state index contributed by atoms with van der Waals surface area (Å²) in [6, 6.07) is 59.0. The van der Waals surface area contributed by atoms with Crippen molar-refractivity contribution in [1.82, 2.24) is 9.97 Å². The number of fused-ring (bicyclic) bond motifs is 9. The quantitative estimate of drug-likeness (QED) is 0.169. The lowest BCUT2D eigenvalue weighted by Gasteiger charge is -2.32. The summed E-state index contributed by atoms with van der Waals surface area (Å²) in [5.41, 5.74) is 16.9. The van der Waals surface area contributed by atoms with E-state index < -0.39 is 0 Å². The number of anilines is 6. The van der Waals surface area contributed by atoms with E-state index in [1.165, 1.54) is 60.5 Å². The topological polar surface area (TPSA) is 32.3 Å². The molecule has 59 heavy (non-hydrogen) atoms. The van der Waals surface area contributed by atoms with Crippen LogP contribution in [0.5, 0.6) is 0 Å². The molecule has 2 aliphatic rings. The zero-order valence-corrected chi connectivity index (χ0v) is 34.0. The standard InChI is InChI=1S/C55H44N4/c1-35-30-40(58(38-22-8-6-9-23-38)47-28-16-20-36-18-12-14-26-42(36)47)31-45-49(35)44-34-57-53-51(50(44)54(45,2)3)55(4,5)46-32-41(33-56-52(46)53)59(39-24-10-7-11-25-39)48-29-17-21-37-19-13-15-27-43(37)48/h6-34H,1-5H3. The number of hydrogen-bond acceptors (Lipinski definition) is 4. The lowest BCUT2D eigenvalue weighted by Crippen LogP contribution is -2.25. The number of benzene rings is 7. The molecule has 0 atom stereocenters. The first-order chi connectivity index (χ1) is 28.7. The van der Waals surface area contributed by atoms with Crippen LogP contribution in [0.4, 0.5) is 34.1 Å². The number of rotatable bonds is 6. The normalized spacial score (nSPS) is 14.1. The van der Waals surface area contributed by atoms with Crippen molar-refractivity contribution >= 4 is 55.7 Å². The lowest BCUT2D eigenvalue weighted by atomic mass is 9.73. The Bertz CT molecular complexity index is 3120. The van der Waals surface area contributed by atoms with Gasteiger partial charge < -0.3 is 9.80 Å². The van der Waals surface area contributed by atoms with Crippen LogP contribution in [0, 0.1) is 6.92 Å². The van der Waals surface area contributed by atoms with Gasteiger partial charge in [0.2, 0.25) is 0 Å². The van der Waals surface area contributed by atoms with Crippen molar-refractivity contribution in [2.24, 2.45) is 0 Å². The molecule has 7 aromatic carbocycles. The molecule has 2 aliphatic carbocycles. The molecule has 2 aromatic heterocycles. The van der Waals surface area contributed by atoms with Gasteiger partial charge in [-0.2, -0.15) is 0 Å². The van der Waals surface area contributed by atoms with Crippen molar-refractivity contribution in [2.75, 3.05) is 9.80 Å². The maximum absolute atomic E-state index is 5.31. The van der Waals surface area contributed by atoms with E-state index in [1.807, 2.05) is 6.20 Å². The summed E-state index contributed by atoms with van der Waals surface area (Å²) in [5, 5.41) is 4.85. The molecule has 0 fully saturated rings. The summed E-state index contributed by atoms with van der Waals surface area (Å²) in [6.45, 7) is 11.8. The molecule has 0 spiro atoms. The van der Waals surface area contributed by atoms with Gasteiger partial charge in [-0.05, 0) is 106 Å². The molecule has 4 heteroatoms. The first-order valence-electron chi connectivity index (χ1n) is 20.6. The van der Waals surface area contributed by atoms with Crippen molar-refractivity contribution in [3.8, 4) is 22.5 Å². The lowest BCUT2D eigenvalue weighted by molar-refractivity contribution is 0.599. The summed E-state index contributed by atoms with van der Waals surface area (Å²) in [4.78, 5) is 15.4. The third-order valence-corrected chi connectivity index (χ3v) is 12.9. The predicted molar refractivity (Wildman–Crippen MR) is 246 cm³/mol. The van der Waals surface area contributed by atoms with Gasteiger partial charge >= 0.3 is 0 Å². The minimum atomic E-state index is -0.359. The number of aryl methyl sites for hydroxylation is 1. The molecule has 2 heterocycles. The zero-order chi connectivity index (χ0) is 40.0. The van der Waals surface area contributed by atoms with Crippen LogP contribution in [0.2, 0.25) is 0 Å². The van der Waals surface area contributed by atoms with E-state index in [-0.39, 0.29) is 10.8 Å². The highest BCUT2D eigenvalue weighted by Gasteiger charge is 2.48. The largest absolute Gasteiger partial charge is 0.310 e. The van der Waals surface area contributed by atoms with E-state index in [2.05, 4.69) is 214 Å². The molecule has 4 nitrogen and oxygen atoms in total. The number of pyridine rings is 2. The van der Waals surface area contributed by atoms with E-state index >= 15 is 0 Å². The molecule has 284 valence electrons. The fourth-order valence-corrected chi connectivity index (χ4v) is 10.2. The molecule has 0 unspecified atom stereocenters. The van der Waals surface area contributed by atoms with Gasteiger partial charge in [0.05, 0.1) is 34.6 Å².